The Balaban J connectivity index is 2.61. The number of hydrogen-bond donors (Lipinski definition) is 2. The van der Waals surface area contributed by atoms with Crippen molar-refractivity contribution in [3.63, 3.8) is 0 Å². The van der Waals surface area contributed by atoms with Crippen LogP contribution < -0.4 is 10.6 Å². The van der Waals surface area contributed by atoms with Gasteiger partial charge in [-0.05, 0) is 39.5 Å². The van der Waals surface area contributed by atoms with Crippen molar-refractivity contribution in [1.29, 1.82) is 0 Å². The number of carbonyl (C=O) groups is 1. The van der Waals surface area contributed by atoms with Crippen LogP contribution in [0.3, 0.4) is 0 Å². The van der Waals surface area contributed by atoms with Crippen LogP contribution in [0.2, 0.25) is 0 Å². The molecule has 1 fully saturated rings. The molecule has 23 heavy (non-hydrogen) atoms. The molecule has 3 unspecified atom stereocenters. The van der Waals surface area contributed by atoms with Crippen LogP contribution in [-0.2, 0) is 14.6 Å². The quantitative estimate of drug-likeness (QED) is 0.768. The normalized spacial score (nSPS) is 23.8. The predicted molar refractivity (Wildman–Crippen MR) is 92.3 cm³/mol. The number of hydrogen-bond acceptors (Lipinski definition) is 5. The Kier molecular flexibility index (Phi) is 6.89. The number of rotatable bonds is 6. The van der Waals surface area contributed by atoms with E-state index in [0.29, 0.717) is 13.0 Å². The fourth-order valence-electron chi connectivity index (χ4n) is 2.90. The van der Waals surface area contributed by atoms with E-state index in [1.54, 1.807) is 0 Å². The lowest BCUT2D eigenvalue weighted by Crippen LogP contribution is -2.52. The van der Waals surface area contributed by atoms with Gasteiger partial charge >= 0.3 is 6.09 Å². The van der Waals surface area contributed by atoms with Crippen LogP contribution >= 0.6 is 0 Å². The monoisotopic (exact) mass is 348 g/mol. The zero-order valence-electron chi connectivity index (χ0n) is 15.2. The maximum atomic E-state index is 11.9. The highest BCUT2D eigenvalue weighted by Crippen LogP contribution is 2.26. The van der Waals surface area contributed by atoms with Gasteiger partial charge in [-0.25, -0.2) is 13.2 Å². The van der Waals surface area contributed by atoms with Crippen molar-refractivity contribution in [1.82, 2.24) is 10.6 Å². The Morgan fingerprint density at radius 2 is 1.87 bits per heavy atom. The largest absolute Gasteiger partial charge is 0.444 e. The first-order chi connectivity index (χ1) is 10.4. The molecule has 0 heterocycles. The molecule has 0 aliphatic heterocycles. The van der Waals surface area contributed by atoms with Gasteiger partial charge in [0.1, 0.15) is 5.60 Å². The molecule has 1 saturated carbocycles. The highest BCUT2D eigenvalue weighted by molar-refractivity contribution is 7.91. The number of sulfone groups is 1. The smallest absolute Gasteiger partial charge is 0.407 e. The van der Waals surface area contributed by atoms with Crippen molar-refractivity contribution in [2.24, 2.45) is 5.92 Å². The third-order valence-corrected chi connectivity index (χ3v) is 5.76. The number of amides is 1. The van der Waals surface area contributed by atoms with Crippen molar-refractivity contribution in [2.45, 2.75) is 76.8 Å². The fourth-order valence-corrected chi connectivity index (χ4v) is 4.30. The second kappa shape index (κ2) is 7.83. The third kappa shape index (κ3) is 7.08. The van der Waals surface area contributed by atoms with E-state index in [-0.39, 0.29) is 23.3 Å². The highest BCUT2D eigenvalue weighted by Gasteiger charge is 2.36. The van der Waals surface area contributed by atoms with Gasteiger partial charge in [-0.3, -0.25) is 0 Å². The van der Waals surface area contributed by atoms with Gasteiger partial charge in [0.25, 0.3) is 0 Å². The van der Waals surface area contributed by atoms with Crippen LogP contribution in [0.15, 0.2) is 0 Å². The summed E-state index contributed by atoms with van der Waals surface area (Å²) in [6.45, 7) is 9.98. The van der Waals surface area contributed by atoms with E-state index in [1.165, 1.54) is 6.26 Å². The highest BCUT2D eigenvalue weighted by atomic mass is 32.2. The lowest BCUT2D eigenvalue weighted by atomic mass is 10.0. The minimum absolute atomic E-state index is 0.00914. The first-order valence-corrected chi connectivity index (χ1v) is 10.3. The molecule has 0 bridgehead atoms. The van der Waals surface area contributed by atoms with Crippen LogP contribution in [-0.4, -0.2) is 50.2 Å². The molecule has 1 aliphatic carbocycles. The van der Waals surface area contributed by atoms with Gasteiger partial charge in [-0.2, -0.15) is 0 Å². The molecule has 136 valence electrons. The van der Waals surface area contributed by atoms with Crippen LogP contribution in [0.4, 0.5) is 4.79 Å². The number of ether oxygens (including phenoxy) is 1. The summed E-state index contributed by atoms with van der Waals surface area (Å²) in [5.74, 6) is 0.269. The lowest BCUT2D eigenvalue weighted by Gasteiger charge is -2.29. The van der Waals surface area contributed by atoms with E-state index in [0.717, 1.165) is 12.8 Å². The summed E-state index contributed by atoms with van der Waals surface area (Å²) in [4.78, 5) is 11.8. The van der Waals surface area contributed by atoms with Crippen LogP contribution in [0.1, 0.15) is 53.9 Å². The van der Waals surface area contributed by atoms with Gasteiger partial charge in [-0.1, -0.05) is 20.3 Å². The summed E-state index contributed by atoms with van der Waals surface area (Å²) in [6, 6.07) is -0.0345. The van der Waals surface area contributed by atoms with Crippen molar-refractivity contribution >= 4 is 15.9 Å². The molecule has 0 aromatic rings. The van der Waals surface area contributed by atoms with Gasteiger partial charge < -0.3 is 15.4 Å². The molecule has 0 spiro atoms. The summed E-state index contributed by atoms with van der Waals surface area (Å²) in [5, 5.41) is 5.89. The number of carbonyl (C=O) groups excluding carboxylic acids is 1. The minimum Gasteiger partial charge on any atom is -0.444 e. The molecular formula is C16H32N2O4S. The standard InChI is InChI=1S/C16H32N2O4S/c1-11(2)13(10-17-15(19)22-16(3,4)5)18-12-8-7-9-14(12)23(6,20)21/h11-14,18H,7-10H2,1-6H3,(H,17,19). The zero-order chi connectivity index (χ0) is 17.8. The molecular weight excluding hydrogens is 316 g/mol. The Morgan fingerprint density at radius 1 is 1.26 bits per heavy atom. The molecule has 2 N–H and O–H groups in total. The van der Waals surface area contributed by atoms with Crippen molar-refractivity contribution in [3.8, 4) is 0 Å². The first kappa shape index (κ1) is 20.2. The van der Waals surface area contributed by atoms with E-state index in [4.69, 9.17) is 4.74 Å². The van der Waals surface area contributed by atoms with Gasteiger partial charge in [-0.15, -0.1) is 0 Å². The number of alkyl carbamates (subject to hydrolysis) is 1. The molecule has 7 heteroatoms. The third-order valence-electron chi connectivity index (χ3n) is 4.10. The maximum Gasteiger partial charge on any atom is 0.407 e. The Hall–Kier alpha value is -0.820. The average Bonchev–Trinajstić information content (AvgIpc) is 2.79. The van der Waals surface area contributed by atoms with Gasteiger partial charge in [0.05, 0.1) is 5.25 Å². The van der Waals surface area contributed by atoms with E-state index >= 15 is 0 Å². The van der Waals surface area contributed by atoms with Gasteiger partial charge in [0.15, 0.2) is 9.84 Å². The summed E-state index contributed by atoms with van der Waals surface area (Å²) in [6.07, 6.45) is 3.34. The Morgan fingerprint density at radius 3 is 2.35 bits per heavy atom. The molecule has 0 aromatic heterocycles. The lowest BCUT2D eigenvalue weighted by molar-refractivity contribution is 0.0518. The summed E-state index contributed by atoms with van der Waals surface area (Å²) < 4.78 is 29.0. The second-order valence-corrected chi connectivity index (χ2v) is 10.1. The Labute approximate surface area is 140 Å². The first-order valence-electron chi connectivity index (χ1n) is 8.32. The summed E-state index contributed by atoms with van der Waals surface area (Å²) >= 11 is 0. The maximum absolute atomic E-state index is 11.9. The van der Waals surface area contributed by atoms with Gasteiger partial charge in [0, 0.05) is 24.9 Å². The topological polar surface area (TPSA) is 84.5 Å². The van der Waals surface area contributed by atoms with E-state index in [1.807, 2.05) is 20.8 Å². The van der Waals surface area contributed by atoms with E-state index in [2.05, 4.69) is 24.5 Å². The van der Waals surface area contributed by atoms with Crippen molar-refractivity contribution in [2.75, 3.05) is 12.8 Å². The van der Waals surface area contributed by atoms with Crippen molar-refractivity contribution < 1.29 is 17.9 Å². The molecule has 1 aliphatic rings. The molecule has 1 amide bonds. The van der Waals surface area contributed by atoms with Crippen LogP contribution in [0, 0.1) is 5.92 Å². The SMILES string of the molecule is CC(C)C(CNC(=O)OC(C)(C)C)NC1CCCC1S(C)(=O)=O. The molecule has 3 atom stereocenters. The Bertz CT molecular complexity index is 497. The van der Waals surface area contributed by atoms with Crippen LogP contribution in [0.25, 0.3) is 0 Å². The average molecular weight is 349 g/mol. The minimum atomic E-state index is -3.05. The van der Waals surface area contributed by atoms with E-state index < -0.39 is 21.5 Å². The zero-order valence-corrected chi connectivity index (χ0v) is 16.0. The molecule has 6 nitrogen and oxygen atoms in total. The van der Waals surface area contributed by atoms with Crippen LogP contribution in [0.5, 0.6) is 0 Å². The molecule has 1 rings (SSSR count). The number of nitrogens with one attached hydrogen (secondary N) is 2. The fraction of sp³-hybridized carbons (Fsp3) is 0.938. The molecule has 0 saturated heterocycles. The van der Waals surface area contributed by atoms with Gasteiger partial charge in [0.2, 0.25) is 0 Å². The van der Waals surface area contributed by atoms with Crippen molar-refractivity contribution in [3.05, 3.63) is 0 Å². The van der Waals surface area contributed by atoms with E-state index in [9.17, 15) is 13.2 Å². The summed E-state index contributed by atoms with van der Waals surface area (Å²) in [7, 11) is -3.05. The second-order valence-electron chi connectivity index (χ2n) is 7.81. The predicted octanol–water partition coefficient (Wildman–Crippen LogP) is 2.09. The molecule has 0 aromatic carbocycles. The summed E-state index contributed by atoms with van der Waals surface area (Å²) in [5.41, 5.74) is -0.530. The molecule has 0 radical (unpaired) electrons.